The molecule has 2 aromatic rings. The van der Waals surface area contributed by atoms with Gasteiger partial charge < -0.3 is 10.2 Å². The predicted octanol–water partition coefficient (Wildman–Crippen LogP) is 3.21. The van der Waals surface area contributed by atoms with Crippen molar-refractivity contribution in [3.63, 3.8) is 0 Å². The maximum absolute atomic E-state index is 4.77. The lowest BCUT2D eigenvalue weighted by atomic mass is 10.1. The molecule has 0 aliphatic heterocycles. The molecule has 2 rings (SSSR count). The van der Waals surface area contributed by atoms with E-state index in [1.807, 2.05) is 5.51 Å². The Hall–Kier alpha value is -1.46. The van der Waals surface area contributed by atoms with E-state index in [2.05, 4.69) is 56.0 Å². The van der Waals surface area contributed by atoms with Crippen LogP contribution in [0.2, 0.25) is 0 Å². The number of anilines is 1. The third kappa shape index (κ3) is 3.80. The molecular formula is C16H24N4S. The number of aromatic nitrogens is 2. The van der Waals surface area contributed by atoms with E-state index >= 15 is 0 Å². The van der Waals surface area contributed by atoms with Gasteiger partial charge in [-0.25, -0.2) is 9.97 Å². The zero-order valence-electron chi connectivity index (χ0n) is 13.5. The lowest BCUT2D eigenvalue weighted by molar-refractivity contribution is 0.715. The van der Waals surface area contributed by atoms with Gasteiger partial charge in [-0.3, -0.25) is 0 Å². The SMILES string of the molecule is CCNCc1c(C)cc(C)nc1N(C)Cc1scnc1C. The van der Waals surface area contributed by atoms with Crippen LogP contribution in [0.25, 0.3) is 0 Å². The average Bonchev–Trinajstić information content (AvgIpc) is 2.82. The number of hydrogen-bond acceptors (Lipinski definition) is 5. The first-order chi connectivity index (χ1) is 10.0. The number of nitrogens with zero attached hydrogens (tertiary/aromatic N) is 3. The highest BCUT2D eigenvalue weighted by Gasteiger charge is 2.14. The molecule has 0 radical (unpaired) electrons. The van der Waals surface area contributed by atoms with Gasteiger partial charge in [0, 0.05) is 29.7 Å². The van der Waals surface area contributed by atoms with Crippen molar-refractivity contribution >= 4 is 17.2 Å². The van der Waals surface area contributed by atoms with Crippen LogP contribution >= 0.6 is 11.3 Å². The maximum Gasteiger partial charge on any atom is 0.133 e. The molecule has 0 bridgehead atoms. The van der Waals surface area contributed by atoms with Crippen LogP contribution in [0.3, 0.4) is 0 Å². The molecule has 0 aliphatic rings. The second kappa shape index (κ2) is 7.00. The first-order valence-electron chi connectivity index (χ1n) is 7.30. The molecule has 0 atom stereocenters. The molecule has 0 aromatic carbocycles. The van der Waals surface area contributed by atoms with Gasteiger partial charge in [0.2, 0.25) is 0 Å². The van der Waals surface area contributed by atoms with Crippen molar-refractivity contribution in [3.05, 3.63) is 39.0 Å². The summed E-state index contributed by atoms with van der Waals surface area (Å²) in [7, 11) is 2.11. The highest BCUT2D eigenvalue weighted by Crippen LogP contribution is 2.24. The molecular weight excluding hydrogens is 280 g/mol. The second-order valence-electron chi connectivity index (χ2n) is 5.38. The normalized spacial score (nSPS) is 10.9. The van der Waals surface area contributed by atoms with Gasteiger partial charge in [-0.05, 0) is 38.9 Å². The highest BCUT2D eigenvalue weighted by molar-refractivity contribution is 7.09. The molecule has 0 aliphatic carbocycles. The van der Waals surface area contributed by atoms with E-state index in [1.165, 1.54) is 16.0 Å². The minimum absolute atomic E-state index is 0.853. The van der Waals surface area contributed by atoms with Crippen molar-refractivity contribution in [1.82, 2.24) is 15.3 Å². The molecule has 114 valence electrons. The van der Waals surface area contributed by atoms with Crippen LogP contribution in [0.15, 0.2) is 11.6 Å². The third-order valence-corrected chi connectivity index (χ3v) is 4.51. The van der Waals surface area contributed by atoms with Crippen LogP contribution < -0.4 is 10.2 Å². The molecule has 4 nitrogen and oxygen atoms in total. The standard InChI is InChI=1S/C16H24N4S/c1-6-17-8-14-11(2)7-12(3)19-16(14)20(5)9-15-13(4)18-10-21-15/h7,10,17H,6,8-9H2,1-5H3. The van der Waals surface area contributed by atoms with Crippen LogP contribution in [0, 0.1) is 20.8 Å². The molecule has 0 spiro atoms. The van der Waals surface area contributed by atoms with Crippen molar-refractivity contribution in [1.29, 1.82) is 0 Å². The van der Waals surface area contributed by atoms with Crippen molar-refractivity contribution in [2.75, 3.05) is 18.5 Å². The van der Waals surface area contributed by atoms with Gasteiger partial charge in [-0.1, -0.05) is 6.92 Å². The Morgan fingerprint density at radius 3 is 2.67 bits per heavy atom. The van der Waals surface area contributed by atoms with Crippen LogP contribution in [-0.4, -0.2) is 23.6 Å². The summed E-state index contributed by atoms with van der Waals surface area (Å²) in [6.07, 6.45) is 0. The molecule has 0 unspecified atom stereocenters. The topological polar surface area (TPSA) is 41.1 Å². The second-order valence-corrected chi connectivity index (χ2v) is 6.32. The monoisotopic (exact) mass is 304 g/mol. The molecule has 5 heteroatoms. The quantitative estimate of drug-likeness (QED) is 0.890. The largest absolute Gasteiger partial charge is 0.354 e. The Morgan fingerprint density at radius 1 is 1.29 bits per heavy atom. The summed E-state index contributed by atoms with van der Waals surface area (Å²) in [5.74, 6) is 1.07. The van der Waals surface area contributed by atoms with Gasteiger partial charge in [0.1, 0.15) is 5.82 Å². The van der Waals surface area contributed by atoms with E-state index in [-0.39, 0.29) is 0 Å². The van der Waals surface area contributed by atoms with E-state index in [0.29, 0.717) is 0 Å². The van der Waals surface area contributed by atoms with Crippen molar-refractivity contribution in [3.8, 4) is 0 Å². The summed E-state index contributed by atoms with van der Waals surface area (Å²) >= 11 is 1.71. The summed E-state index contributed by atoms with van der Waals surface area (Å²) in [4.78, 5) is 12.6. The Bertz CT molecular complexity index is 606. The lowest BCUT2D eigenvalue weighted by Crippen LogP contribution is -2.23. The molecule has 2 heterocycles. The van der Waals surface area contributed by atoms with Crippen molar-refractivity contribution in [2.45, 2.75) is 40.8 Å². The number of thiazole rings is 1. The molecule has 2 aromatic heterocycles. The average molecular weight is 304 g/mol. The minimum atomic E-state index is 0.853. The Kier molecular flexibility index (Phi) is 5.31. The van der Waals surface area contributed by atoms with Gasteiger partial charge in [0.25, 0.3) is 0 Å². The highest BCUT2D eigenvalue weighted by atomic mass is 32.1. The fourth-order valence-corrected chi connectivity index (χ4v) is 3.23. The molecule has 0 saturated heterocycles. The van der Waals surface area contributed by atoms with E-state index in [9.17, 15) is 0 Å². The number of hydrogen-bond donors (Lipinski definition) is 1. The zero-order valence-corrected chi connectivity index (χ0v) is 14.3. The molecule has 0 amide bonds. The third-order valence-electron chi connectivity index (χ3n) is 3.59. The van der Waals surface area contributed by atoms with Gasteiger partial charge in [-0.2, -0.15) is 0 Å². The number of aryl methyl sites for hydroxylation is 3. The van der Waals surface area contributed by atoms with E-state index in [0.717, 1.165) is 36.8 Å². The van der Waals surface area contributed by atoms with Crippen LogP contribution in [0.4, 0.5) is 5.82 Å². The number of pyridine rings is 1. The summed E-state index contributed by atoms with van der Waals surface area (Å²) in [6.45, 7) is 11.1. The minimum Gasteiger partial charge on any atom is -0.354 e. The number of nitrogens with one attached hydrogen (secondary N) is 1. The zero-order chi connectivity index (χ0) is 15.4. The fourth-order valence-electron chi connectivity index (χ4n) is 2.40. The summed E-state index contributed by atoms with van der Waals surface area (Å²) in [5.41, 5.74) is 6.67. The van der Waals surface area contributed by atoms with Crippen LogP contribution in [0.5, 0.6) is 0 Å². The lowest BCUT2D eigenvalue weighted by Gasteiger charge is -2.23. The Balaban J connectivity index is 2.30. The Morgan fingerprint density at radius 2 is 2.05 bits per heavy atom. The first-order valence-corrected chi connectivity index (χ1v) is 8.18. The van der Waals surface area contributed by atoms with Gasteiger partial charge in [-0.15, -0.1) is 11.3 Å². The van der Waals surface area contributed by atoms with E-state index < -0.39 is 0 Å². The van der Waals surface area contributed by atoms with Crippen LogP contribution in [0.1, 0.15) is 34.3 Å². The molecule has 0 saturated carbocycles. The summed E-state index contributed by atoms with van der Waals surface area (Å²) in [5, 5.41) is 3.41. The van der Waals surface area contributed by atoms with Gasteiger partial charge in [0.15, 0.2) is 0 Å². The Labute approximate surface area is 131 Å². The van der Waals surface area contributed by atoms with Gasteiger partial charge in [0.05, 0.1) is 17.7 Å². The summed E-state index contributed by atoms with van der Waals surface area (Å²) < 4.78 is 0. The molecule has 0 fully saturated rings. The molecule has 1 N–H and O–H groups in total. The van der Waals surface area contributed by atoms with E-state index in [1.54, 1.807) is 11.3 Å². The molecule has 21 heavy (non-hydrogen) atoms. The van der Waals surface area contributed by atoms with Crippen molar-refractivity contribution < 1.29 is 0 Å². The van der Waals surface area contributed by atoms with Gasteiger partial charge >= 0.3 is 0 Å². The van der Waals surface area contributed by atoms with Crippen LogP contribution in [-0.2, 0) is 13.1 Å². The van der Waals surface area contributed by atoms with Crippen molar-refractivity contribution in [2.24, 2.45) is 0 Å². The smallest absolute Gasteiger partial charge is 0.133 e. The fraction of sp³-hybridized carbons (Fsp3) is 0.500. The van der Waals surface area contributed by atoms with E-state index in [4.69, 9.17) is 4.98 Å². The maximum atomic E-state index is 4.77. The number of rotatable bonds is 6. The predicted molar refractivity (Wildman–Crippen MR) is 90.0 cm³/mol. The first kappa shape index (κ1) is 15.9. The summed E-state index contributed by atoms with van der Waals surface area (Å²) in [6, 6.07) is 2.15.